The zero-order valence-corrected chi connectivity index (χ0v) is 19.7. The van der Waals surface area contributed by atoms with E-state index in [1.165, 1.54) is 23.5 Å². The van der Waals surface area contributed by atoms with Crippen LogP contribution >= 0.6 is 22.9 Å². The Hall–Kier alpha value is -2.55. The smallest absolute Gasteiger partial charge is 0.234 e. The molecule has 1 aromatic heterocycles. The number of carbonyl (C=O) groups excluding carboxylic acids is 2. The molecule has 1 aliphatic heterocycles. The number of fused-ring (bicyclic) bond motifs is 1. The van der Waals surface area contributed by atoms with E-state index in [4.69, 9.17) is 16.6 Å². The predicted molar refractivity (Wildman–Crippen MR) is 127 cm³/mol. The van der Waals surface area contributed by atoms with Gasteiger partial charge in [-0.1, -0.05) is 22.9 Å². The number of carbonyl (C=O) groups is 2. The van der Waals surface area contributed by atoms with Crippen LogP contribution in [-0.4, -0.2) is 55.4 Å². The molecular weight excluding hydrogens is 451 g/mol. The Labute approximate surface area is 195 Å². The van der Waals surface area contributed by atoms with Crippen LogP contribution < -0.4 is 9.80 Å². The van der Waals surface area contributed by atoms with E-state index in [9.17, 15) is 14.0 Å². The number of aryl methyl sites for hydroxylation is 1. The van der Waals surface area contributed by atoms with Crippen molar-refractivity contribution < 1.29 is 14.0 Å². The maximum Gasteiger partial charge on any atom is 0.234 e. The summed E-state index contributed by atoms with van der Waals surface area (Å²) in [5, 5.41) is 1.24. The highest BCUT2D eigenvalue weighted by Gasteiger charge is 2.38. The number of benzene rings is 2. The molecule has 1 unspecified atom stereocenters. The van der Waals surface area contributed by atoms with Crippen molar-refractivity contribution in [1.29, 1.82) is 0 Å². The van der Waals surface area contributed by atoms with Crippen LogP contribution in [0.15, 0.2) is 36.4 Å². The van der Waals surface area contributed by atoms with E-state index in [0.717, 1.165) is 15.8 Å². The third kappa shape index (κ3) is 4.48. The topological polar surface area (TPSA) is 56.8 Å². The summed E-state index contributed by atoms with van der Waals surface area (Å²) >= 11 is 7.70. The van der Waals surface area contributed by atoms with Crippen molar-refractivity contribution in [3.8, 4) is 0 Å². The highest BCUT2D eigenvalue weighted by Crippen LogP contribution is 2.35. The van der Waals surface area contributed by atoms with E-state index in [1.807, 2.05) is 38.1 Å². The van der Waals surface area contributed by atoms with Gasteiger partial charge in [0.1, 0.15) is 5.82 Å². The first-order chi connectivity index (χ1) is 15.2. The maximum atomic E-state index is 13.6. The van der Waals surface area contributed by atoms with E-state index >= 15 is 0 Å². The molecule has 0 bridgehead atoms. The van der Waals surface area contributed by atoms with Gasteiger partial charge in [0, 0.05) is 36.8 Å². The largest absolute Gasteiger partial charge is 0.312 e. The van der Waals surface area contributed by atoms with Gasteiger partial charge >= 0.3 is 0 Å². The molecule has 9 heteroatoms. The molecule has 6 nitrogen and oxygen atoms in total. The lowest BCUT2D eigenvalue weighted by Crippen LogP contribution is -2.41. The van der Waals surface area contributed by atoms with Gasteiger partial charge < -0.3 is 9.80 Å². The number of halogens is 2. The van der Waals surface area contributed by atoms with Crippen molar-refractivity contribution in [3.63, 3.8) is 0 Å². The summed E-state index contributed by atoms with van der Waals surface area (Å²) in [6, 6.07) is 9.50. The molecule has 1 atom stereocenters. The molecular formula is C23H24ClFN4O2S. The van der Waals surface area contributed by atoms with Crippen LogP contribution in [0.4, 0.5) is 15.2 Å². The standard InChI is InChI=1S/C23H24ClFN4O2S/c1-14-18(24)8-9-19-21(14)26-23(32-19)28(11-10-27(2)3)22(31)15-12-20(30)29(13-15)17-6-4-16(25)5-7-17/h4-9,15H,10-13H2,1-3H3. The third-order valence-electron chi connectivity index (χ3n) is 5.62. The fraction of sp³-hybridized carbons (Fsp3) is 0.348. The van der Waals surface area contributed by atoms with Crippen LogP contribution in [0.3, 0.4) is 0 Å². The van der Waals surface area contributed by atoms with Crippen LogP contribution in [0.25, 0.3) is 10.2 Å². The Bertz CT molecular complexity index is 1160. The van der Waals surface area contributed by atoms with Crippen molar-refractivity contribution in [2.24, 2.45) is 5.92 Å². The van der Waals surface area contributed by atoms with Crippen LogP contribution in [-0.2, 0) is 9.59 Å². The number of hydrogen-bond donors (Lipinski definition) is 0. The van der Waals surface area contributed by atoms with Gasteiger partial charge in [0.25, 0.3) is 0 Å². The molecule has 1 aliphatic rings. The lowest BCUT2D eigenvalue weighted by atomic mass is 10.1. The van der Waals surface area contributed by atoms with E-state index in [2.05, 4.69) is 0 Å². The summed E-state index contributed by atoms with van der Waals surface area (Å²) in [7, 11) is 3.89. The zero-order valence-electron chi connectivity index (χ0n) is 18.1. The molecule has 2 heterocycles. The fourth-order valence-electron chi connectivity index (χ4n) is 3.77. The minimum Gasteiger partial charge on any atom is -0.312 e. The number of amides is 2. The molecule has 2 aromatic carbocycles. The molecule has 32 heavy (non-hydrogen) atoms. The second-order valence-corrected chi connectivity index (χ2v) is 9.61. The van der Waals surface area contributed by atoms with Crippen LogP contribution in [0.5, 0.6) is 0 Å². The van der Waals surface area contributed by atoms with Crippen molar-refractivity contribution in [2.45, 2.75) is 13.3 Å². The van der Waals surface area contributed by atoms with Crippen molar-refractivity contribution in [1.82, 2.24) is 9.88 Å². The predicted octanol–water partition coefficient (Wildman–Crippen LogP) is 4.34. The maximum absolute atomic E-state index is 13.6. The molecule has 2 amide bonds. The molecule has 168 valence electrons. The molecule has 0 N–H and O–H groups in total. The highest BCUT2D eigenvalue weighted by molar-refractivity contribution is 7.22. The van der Waals surface area contributed by atoms with E-state index in [-0.39, 0.29) is 30.6 Å². The number of aromatic nitrogens is 1. The zero-order chi connectivity index (χ0) is 23.0. The minimum atomic E-state index is -0.494. The van der Waals surface area contributed by atoms with Gasteiger partial charge in [0.05, 0.1) is 16.1 Å². The SMILES string of the molecule is Cc1c(Cl)ccc2sc(N(CCN(C)C)C(=O)C3CC(=O)N(c4ccc(F)cc4)C3)nc12. The number of thiazole rings is 1. The summed E-state index contributed by atoms with van der Waals surface area (Å²) < 4.78 is 14.2. The van der Waals surface area contributed by atoms with E-state index < -0.39 is 5.92 Å². The summed E-state index contributed by atoms with van der Waals surface area (Å²) in [6.45, 7) is 3.29. The van der Waals surface area contributed by atoms with Gasteiger partial charge in [0.2, 0.25) is 11.8 Å². The highest BCUT2D eigenvalue weighted by atomic mass is 35.5. The van der Waals surface area contributed by atoms with Gasteiger partial charge in [-0.3, -0.25) is 14.5 Å². The van der Waals surface area contributed by atoms with Gasteiger partial charge in [-0.2, -0.15) is 0 Å². The Kier molecular flexibility index (Phi) is 6.46. The average molecular weight is 475 g/mol. The van der Waals surface area contributed by atoms with Gasteiger partial charge in [-0.05, 0) is 63.0 Å². The minimum absolute atomic E-state index is 0.116. The lowest BCUT2D eigenvalue weighted by molar-refractivity contribution is -0.124. The first-order valence-electron chi connectivity index (χ1n) is 10.3. The Morgan fingerprint density at radius 3 is 2.62 bits per heavy atom. The molecule has 1 saturated heterocycles. The van der Waals surface area contributed by atoms with Gasteiger partial charge in [-0.25, -0.2) is 9.37 Å². The Balaban J connectivity index is 1.62. The number of likely N-dealkylation sites (N-methyl/N-ethyl adjacent to an activating group) is 1. The quantitative estimate of drug-likeness (QED) is 0.533. The number of hydrogen-bond acceptors (Lipinski definition) is 5. The number of rotatable bonds is 6. The summed E-state index contributed by atoms with van der Waals surface area (Å²) in [6.07, 6.45) is 0.116. The molecule has 0 radical (unpaired) electrons. The van der Waals surface area contributed by atoms with E-state index in [1.54, 1.807) is 21.9 Å². The van der Waals surface area contributed by atoms with Crippen LogP contribution in [0.1, 0.15) is 12.0 Å². The number of nitrogens with zero attached hydrogens (tertiary/aromatic N) is 4. The normalized spacial score (nSPS) is 16.4. The molecule has 4 rings (SSSR count). The Morgan fingerprint density at radius 1 is 1.22 bits per heavy atom. The van der Waals surface area contributed by atoms with Crippen LogP contribution in [0, 0.1) is 18.7 Å². The van der Waals surface area contributed by atoms with Crippen LogP contribution in [0.2, 0.25) is 5.02 Å². The van der Waals surface area contributed by atoms with Crippen molar-refractivity contribution in [2.75, 3.05) is 43.5 Å². The Morgan fingerprint density at radius 2 is 1.94 bits per heavy atom. The van der Waals surface area contributed by atoms with Crippen molar-refractivity contribution >= 4 is 55.8 Å². The van der Waals surface area contributed by atoms with E-state index in [0.29, 0.717) is 28.9 Å². The molecule has 0 spiro atoms. The summed E-state index contributed by atoms with van der Waals surface area (Å²) in [5.74, 6) is -1.14. The van der Waals surface area contributed by atoms with Crippen molar-refractivity contribution in [3.05, 3.63) is 52.8 Å². The molecule has 3 aromatic rings. The third-order valence-corrected chi connectivity index (χ3v) is 7.07. The van der Waals surface area contributed by atoms with Gasteiger partial charge in [-0.15, -0.1) is 0 Å². The molecule has 1 fully saturated rings. The first kappa shape index (κ1) is 22.6. The van der Waals surface area contributed by atoms with Gasteiger partial charge in [0.15, 0.2) is 5.13 Å². The second-order valence-electron chi connectivity index (χ2n) is 8.19. The fourth-order valence-corrected chi connectivity index (χ4v) is 4.98. The lowest BCUT2D eigenvalue weighted by Gasteiger charge is -2.24. The molecule has 0 aliphatic carbocycles. The second kappa shape index (κ2) is 9.13. The monoisotopic (exact) mass is 474 g/mol. The first-order valence-corrected chi connectivity index (χ1v) is 11.5. The summed E-state index contributed by atoms with van der Waals surface area (Å²) in [4.78, 5) is 36.2. The summed E-state index contributed by atoms with van der Waals surface area (Å²) in [5.41, 5.74) is 2.26. The average Bonchev–Trinajstić information content (AvgIpc) is 3.35. The number of anilines is 2. The molecule has 0 saturated carbocycles.